The second-order valence-electron chi connectivity index (χ2n) is 7.86. The molecule has 36 heavy (non-hydrogen) atoms. The molecule has 2 heterocycles. The first-order valence-corrected chi connectivity index (χ1v) is 11.3. The molecule has 176 valence electrons. The molecule has 0 bridgehead atoms. The van der Waals surface area contributed by atoms with Gasteiger partial charge in [-0.25, -0.2) is 0 Å². The van der Waals surface area contributed by atoms with Gasteiger partial charge in [-0.15, -0.1) is 0 Å². The molecule has 1 saturated heterocycles. The van der Waals surface area contributed by atoms with E-state index in [1.165, 1.54) is 28.0 Å². The molecule has 0 unspecified atom stereocenters. The minimum absolute atomic E-state index is 0.00644. The van der Waals surface area contributed by atoms with Crippen LogP contribution in [0.2, 0.25) is 0 Å². The van der Waals surface area contributed by atoms with Gasteiger partial charge < -0.3 is 14.3 Å². The Morgan fingerprint density at radius 2 is 1.36 bits per heavy atom. The molecule has 0 radical (unpaired) electrons. The lowest BCUT2D eigenvalue weighted by Gasteiger charge is -2.36. The van der Waals surface area contributed by atoms with Crippen molar-refractivity contribution in [3.8, 4) is 11.3 Å². The van der Waals surface area contributed by atoms with E-state index in [9.17, 15) is 19.5 Å². The largest absolute Gasteiger partial charge is 0.545 e. The number of carboxylic acids is 1. The van der Waals surface area contributed by atoms with Gasteiger partial charge in [0, 0.05) is 5.56 Å². The van der Waals surface area contributed by atoms with Crippen molar-refractivity contribution in [1.29, 1.82) is 0 Å². The van der Waals surface area contributed by atoms with E-state index in [1.54, 1.807) is 72.8 Å². The number of carbonyl (C=O) groups excluding carboxylic acids is 3. The number of carboxylic acid groups (broad SMARTS) is 1. The van der Waals surface area contributed by atoms with Crippen LogP contribution >= 0.6 is 12.2 Å². The van der Waals surface area contributed by atoms with Crippen molar-refractivity contribution in [1.82, 2.24) is 0 Å². The normalized spacial score (nSPS) is 13.8. The summed E-state index contributed by atoms with van der Waals surface area (Å²) in [6, 6.07) is 27.0. The third kappa shape index (κ3) is 4.21. The lowest BCUT2D eigenvalue weighted by Crippen LogP contribution is -2.56. The molecule has 5 rings (SSSR count). The standard InChI is InChI=1S/C28H18N2O5S/c31-25-23(17-22-14-15-24(35-22)18-8-7-9-19(16-18)27(33)34)26(32)30(21-12-5-2-6-13-21)28(36)29(25)20-10-3-1-4-11-20/h1-17H,(H,33,34)/p-1. The Labute approximate surface area is 211 Å². The van der Waals surface area contributed by atoms with Crippen LogP contribution < -0.4 is 14.9 Å². The Balaban J connectivity index is 1.57. The molecule has 7 nitrogen and oxygen atoms in total. The van der Waals surface area contributed by atoms with Crippen LogP contribution in [-0.2, 0) is 9.59 Å². The summed E-state index contributed by atoms with van der Waals surface area (Å²) in [6.45, 7) is 0. The quantitative estimate of drug-likeness (QED) is 0.237. The number of amides is 2. The summed E-state index contributed by atoms with van der Waals surface area (Å²) in [6.07, 6.45) is 1.37. The first-order valence-electron chi connectivity index (χ1n) is 10.9. The Bertz CT molecular complexity index is 1460. The number of benzene rings is 3. The number of para-hydroxylation sites is 2. The van der Waals surface area contributed by atoms with Gasteiger partial charge in [-0.2, -0.15) is 0 Å². The molecule has 0 N–H and O–H groups in total. The third-order valence-electron chi connectivity index (χ3n) is 5.57. The van der Waals surface area contributed by atoms with E-state index in [0.29, 0.717) is 22.7 Å². The van der Waals surface area contributed by atoms with Crippen molar-refractivity contribution >= 4 is 52.6 Å². The van der Waals surface area contributed by atoms with Gasteiger partial charge in [0.2, 0.25) is 0 Å². The number of thiocarbonyl (C=S) groups is 1. The number of hydrogen-bond donors (Lipinski definition) is 0. The predicted molar refractivity (Wildman–Crippen MR) is 137 cm³/mol. The summed E-state index contributed by atoms with van der Waals surface area (Å²) in [5, 5.41) is 11.2. The molecule has 1 fully saturated rings. The molecular weight excluding hydrogens is 476 g/mol. The van der Waals surface area contributed by atoms with Gasteiger partial charge in [0.05, 0.1) is 17.3 Å². The number of rotatable bonds is 5. The highest BCUT2D eigenvalue weighted by molar-refractivity contribution is 7.81. The summed E-state index contributed by atoms with van der Waals surface area (Å²) >= 11 is 5.59. The molecular formula is C28H17N2O5S-. The highest BCUT2D eigenvalue weighted by Gasteiger charge is 2.41. The number of carbonyl (C=O) groups is 3. The van der Waals surface area contributed by atoms with Gasteiger partial charge in [-0.3, -0.25) is 19.4 Å². The van der Waals surface area contributed by atoms with Crippen molar-refractivity contribution in [2.45, 2.75) is 0 Å². The molecule has 8 heteroatoms. The van der Waals surface area contributed by atoms with Gasteiger partial charge in [-0.1, -0.05) is 54.6 Å². The van der Waals surface area contributed by atoms with E-state index in [-0.39, 0.29) is 22.0 Å². The maximum absolute atomic E-state index is 13.5. The third-order valence-corrected chi connectivity index (χ3v) is 5.94. The van der Waals surface area contributed by atoms with Crippen molar-refractivity contribution in [2.75, 3.05) is 9.80 Å². The van der Waals surface area contributed by atoms with Crippen molar-refractivity contribution in [2.24, 2.45) is 0 Å². The van der Waals surface area contributed by atoms with Crippen LogP contribution in [-0.4, -0.2) is 22.9 Å². The number of anilines is 2. The lowest BCUT2D eigenvalue weighted by molar-refractivity contribution is -0.255. The van der Waals surface area contributed by atoms with Crippen molar-refractivity contribution in [3.05, 3.63) is 114 Å². The second-order valence-corrected chi connectivity index (χ2v) is 8.23. The monoisotopic (exact) mass is 493 g/mol. The molecule has 0 spiro atoms. The Morgan fingerprint density at radius 1 is 0.778 bits per heavy atom. The van der Waals surface area contributed by atoms with Crippen LogP contribution in [0.25, 0.3) is 17.4 Å². The van der Waals surface area contributed by atoms with E-state index in [4.69, 9.17) is 16.6 Å². The summed E-state index contributed by atoms with van der Waals surface area (Å²) in [5.41, 5.74) is 1.42. The molecule has 1 aromatic heterocycles. The van der Waals surface area contributed by atoms with E-state index in [2.05, 4.69) is 0 Å². The SMILES string of the molecule is O=C([O-])c1cccc(-c2ccc(C=C3C(=O)N(c4ccccc4)C(=S)N(c4ccccc4)C3=O)o2)c1. The van der Waals surface area contributed by atoms with Crippen LogP contribution in [0.5, 0.6) is 0 Å². The Kier molecular flexibility index (Phi) is 6.02. The molecule has 0 saturated carbocycles. The molecule has 3 aromatic carbocycles. The number of aromatic carboxylic acids is 1. The first-order chi connectivity index (χ1) is 17.4. The second kappa shape index (κ2) is 9.44. The fraction of sp³-hybridized carbons (Fsp3) is 0. The summed E-state index contributed by atoms with van der Waals surface area (Å²) in [4.78, 5) is 40.9. The lowest BCUT2D eigenvalue weighted by atomic mass is 10.1. The van der Waals surface area contributed by atoms with E-state index >= 15 is 0 Å². The topological polar surface area (TPSA) is 93.9 Å². The van der Waals surface area contributed by atoms with Crippen LogP contribution in [0.4, 0.5) is 11.4 Å². The molecule has 1 aliphatic heterocycles. The van der Waals surface area contributed by atoms with Crippen molar-refractivity contribution < 1.29 is 23.9 Å². The highest BCUT2D eigenvalue weighted by atomic mass is 32.1. The Morgan fingerprint density at radius 3 is 1.92 bits per heavy atom. The van der Waals surface area contributed by atoms with Gasteiger partial charge in [0.25, 0.3) is 11.8 Å². The van der Waals surface area contributed by atoms with E-state index in [0.717, 1.165) is 0 Å². The zero-order valence-electron chi connectivity index (χ0n) is 18.7. The van der Waals surface area contributed by atoms with Crippen LogP contribution in [0.15, 0.2) is 107 Å². The highest BCUT2D eigenvalue weighted by Crippen LogP contribution is 2.31. The molecule has 0 atom stereocenters. The van der Waals surface area contributed by atoms with Crippen LogP contribution in [0.1, 0.15) is 16.1 Å². The van der Waals surface area contributed by atoms with Crippen LogP contribution in [0, 0.1) is 0 Å². The molecule has 1 aliphatic rings. The first kappa shape index (κ1) is 22.9. The van der Waals surface area contributed by atoms with Crippen LogP contribution in [0.3, 0.4) is 0 Å². The maximum Gasteiger partial charge on any atom is 0.270 e. The zero-order valence-corrected chi connectivity index (χ0v) is 19.5. The molecule has 0 aliphatic carbocycles. The molecule has 4 aromatic rings. The van der Waals surface area contributed by atoms with E-state index in [1.807, 2.05) is 12.1 Å². The van der Waals surface area contributed by atoms with Gasteiger partial charge >= 0.3 is 0 Å². The smallest absolute Gasteiger partial charge is 0.270 e. The maximum atomic E-state index is 13.5. The van der Waals surface area contributed by atoms with Gasteiger partial charge in [0.15, 0.2) is 5.11 Å². The van der Waals surface area contributed by atoms with Gasteiger partial charge in [0.1, 0.15) is 17.1 Å². The summed E-state index contributed by atoms with van der Waals surface area (Å²) in [5.74, 6) is -1.85. The van der Waals surface area contributed by atoms with Gasteiger partial charge in [-0.05, 0) is 66.3 Å². The average Bonchev–Trinajstić information content (AvgIpc) is 3.37. The minimum atomic E-state index is -1.30. The zero-order chi connectivity index (χ0) is 25.2. The molecule has 2 amide bonds. The summed E-state index contributed by atoms with van der Waals surface area (Å²) in [7, 11) is 0. The fourth-order valence-electron chi connectivity index (χ4n) is 3.87. The average molecular weight is 494 g/mol. The summed E-state index contributed by atoms with van der Waals surface area (Å²) < 4.78 is 5.85. The fourth-order valence-corrected chi connectivity index (χ4v) is 4.24. The van der Waals surface area contributed by atoms with Crippen molar-refractivity contribution in [3.63, 3.8) is 0 Å². The minimum Gasteiger partial charge on any atom is -0.545 e. The number of nitrogens with zero attached hydrogens (tertiary/aromatic N) is 2. The number of furan rings is 1. The van der Waals surface area contributed by atoms with E-state index < -0.39 is 17.8 Å². The Hall–Kier alpha value is -4.82. The predicted octanol–water partition coefficient (Wildman–Crippen LogP) is 4.06. The number of hydrogen-bond acceptors (Lipinski definition) is 6.